The van der Waals surface area contributed by atoms with Gasteiger partial charge in [0.25, 0.3) is 0 Å². The topological polar surface area (TPSA) is 64.3 Å². The second-order valence-electron chi connectivity index (χ2n) is 5.10. The van der Waals surface area contributed by atoms with Crippen molar-refractivity contribution in [3.63, 3.8) is 0 Å². The molecule has 0 radical (unpaired) electrons. The summed E-state index contributed by atoms with van der Waals surface area (Å²) in [5.41, 5.74) is 6.79. The quantitative estimate of drug-likeness (QED) is 0.875. The van der Waals surface area contributed by atoms with E-state index >= 15 is 0 Å². The van der Waals surface area contributed by atoms with E-state index in [4.69, 9.17) is 10.5 Å². The molecule has 1 aliphatic carbocycles. The van der Waals surface area contributed by atoms with Crippen molar-refractivity contribution in [2.24, 2.45) is 17.6 Å². The SMILES string of the molecule is COc1ccc(CNC(=O)[C@@H]2CCC[C@@H]2CN)cc1.Cl. The van der Waals surface area contributed by atoms with Gasteiger partial charge in [-0.3, -0.25) is 4.79 Å². The zero-order valence-electron chi connectivity index (χ0n) is 11.8. The van der Waals surface area contributed by atoms with Crippen LogP contribution in [0, 0.1) is 11.8 Å². The number of methoxy groups -OCH3 is 1. The first-order chi connectivity index (χ1) is 9.24. The summed E-state index contributed by atoms with van der Waals surface area (Å²) in [7, 11) is 1.64. The summed E-state index contributed by atoms with van der Waals surface area (Å²) in [6.07, 6.45) is 3.16. The van der Waals surface area contributed by atoms with Crippen molar-refractivity contribution in [2.45, 2.75) is 25.8 Å². The van der Waals surface area contributed by atoms with E-state index in [1.165, 1.54) is 0 Å². The average Bonchev–Trinajstić information content (AvgIpc) is 2.93. The van der Waals surface area contributed by atoms with Crippen LogP contribution in [0.15, 0.2) is 24.3 Å². The maximum atomic E-state index is 12.1. The summed E-state index contributed by atoms with van der Waals surface area (Å²) in [4.78, 5) is 12.1. The average molecular weight is 299 g/mol. The van der Waals surface area contributed by atoms with E-state index in [9.17, 15) is 4.79 Å². The van der Waals surface area contributed by atoms with Gasteiger partial charge >= 0.3 is 0 Å². The third kappa shape index (κ3) is 4.12. The number of carbonyl (C=O) groups excluding carboxylic acids is 1. The Kier molecular flexibility index (Phi) is 6.82. The maximum Gasteiger partial charge on any atom is 0.223 e. The van der Waals surface area contributed by atoms with Crippen molar-refractivity contribution in [1.29, 1.82) is 0 Å². The Bertz CT molecular complexity index is 422. The number of benzene rings is 1. The Morgan fingerprint density at radius 2 is 2.05 bits per heavy atom. The summed E-state index contributed by atoms with van der Waals surface area (Å²) < 4.78 is 5.10. The molecule has 4 nitrogen and oxygen atoms in total. The van der Waals surface area contributed by atoms with Crippen LogP contribution in [-0.2, 0) is 11.3 Å². The highest BCUT2D eigenvalue weighted by atomic mass is 35.5. The normalized spacial score (nSPS) is 21.1. The van der Waals surface area contributed by atoms with Crippen LogP contribution in [-0.4, -0.2) is 19.6 Å². The Morgan fingerprint density at radius 1 is 1.35 bits per heavy atom. The molecule has 1 aromatic carbocycles. The van der Waals surface area contributed by atoms with Gasteiger partial charge in [0.05, 0.1) is 7.11 Å². The van der Waals surface area contributed by atoms with Crippen LogP contribution < -0.4 is 15.8 Å². The molecular formula is C15H23ClN2O2. The fourth-order valence-corrected chi connectivity index (χ4v) is 2.73. The number of nitrogens with one attached hydrogen (secondary N) is 1. The number of hydrogen-bond donors (Lipinski definition) is 2. The van der Waals surface area contributed by atoms with Crippen molar-refractivity contribution in [1.82, 2.24) is 5.32 Å². The number of hydrogen-bond acceptors (Lipinski definition) is 3. The highest BCUT2D eigenvalue weighted by molar-refractivity contribution is 5.85. The van der Waals surface area contributed by atoms with E-state index in [1.54, 1.807) is 7.11 Å². The maximum absolute atomic E-state index is 12.1. The van der Waals surface area contributed by atoms with E-state index in [0.29, 0.717) is 19.0 Å². The molecule has 0 unspecified atom stereocenters. The molecule has 2 rings (SSSR count). The smallest absolute Gasteiger partial charge is 0.223 e. The fourth-order valence-electron chi connectivity index (χ4n) is 2.73. The Hall–Kier alpha value is -1.26. The van der Waals surface area contributed by atoms with Gasteiger partial charge in [0.15, 0.2) is 0 Å². The van der Waals surface area contributed by atoms with Gasteiger partial charge in [0, 0.05) is 12.5 Å². The van der Waals surface area contributed by atoms with Crippen LogP contribution in [0.5, 0.6) is 5.75 Å². The second-order valence-corrected chi connectivity index (χ2v) is 5.10. The highest BCUT2D eigenvalue weighted by Gasteiger charge is 2.31. The van der Waals surface area contributed by atoms with E-state index in [-0.39, 0.29) is 24.2 Å². The first-order valence-corrected chi connectivity index (χ1v) is 6.85. The lowest BCUT2D eigenvalue weighted by atomic mass is 9.95. The number of carbonyl (C=O) groups is 1. The molecule has 2 atom stereocenters. The fraction of sp³-hybridized carbons (Fsp3) is 0.533. The van der Waals surface area contributed by atoms with E-state index in [2.05, 4.69) is 5.32 Å². The number of rotatable bonds is 5. The molecule has 1 aliphatic rings. The molecule has 0 aliphatic heterocycles. The summed E-state index contributed by atoms with van der Waals surface area (Å²) in [6, 6.07) is 7.74. The van der Waals surface area contributed by atoms with Gasteiger partial charge in [0.2, 0.25) is 5.91 Å². The lowest BCUT2D eigenvalue weighted by Gasteiger charge is -2.17. The summed E-state index contributed by atoms with van der Waals surface area (Å²) in [5.74, 6) is 1.43. The third-order valence-electron chi connectivity index (χ3n) is 3.92. The molecule has 1 aromatic rings. The van der Waals surface area contributed by atoms with Gasteiger partial charge in [-0.2, -0.15) is 0 Å². The van der Waals surface area contributed by atoms with Crippen molar-refractivity contribution < 1.29 is 9.53 Å². The van der Waals surface area contributed by atoms with E-state index in [0.717, 1.165) is 30.6 Å². The molecule has 1 saturated carbocycles. The summed E-state index contributed by atoms with van der Waals surface area (Å²) in [6.45, 7) is 1.18. The van der Waals surface area contributed by atoms with Crippen LogP contribution in [0.3, 0.4) is 0 Å². The Balaban J connectivity index is 0.00000200. The molecule has 0 saturated heterocycles. The number of amides is 1. The van der Waals surface area contributed by atoms with Crippen molar-refractivity contribution >= 4 is 18.3 Å². The molecule has 0 bridgehead atoms. The van der Waals surface area contributed by atoms with E-state index < -0.39 is 0 Å². The molecule has 0 aromatic heterocycles. The van der Waals surface area contributed by atoms with Gasteiger partial charge < -0.3 is 15.8 Å². The van der Waals surface area contributed by atoms with Crippen LogP contribution in [0.1, 0.15) is 24.8 Å². The lowest BCUT2D eigenvalue weighted by molar-refractivity contribution is -0.126. The largest absolute Gasteiger partial charge is 0.497 e. The minimum absolute atomic E-state index is 0. The van der Waals surface area contributed by atoms with E-state index in [1.807, 2.05) is 24.3 Å². The van der Waals surface area contributed by atoms with Crippen molar-refractivity contribution in [3.8, 4) is 5.75 Å². The van der Waals surface area contributed by atoms with Crippen LogP contribution in [0.2, 0.25) is 0 Å². The minimum Gasteiger partial charge on any atom is -0.497 e. The van der Waals surface area contributed by atoms with Crippen molar-refractivity contribution in [2.75, 3.05) is 13.7 Å². The van der Waals surface area contributed by atoms with Crippen LogP contribution in [0.4, 0.5) is 0 Å². The molecule has 1 amide bonds. The number of ether oxygens (including phenoxy) is 1. The predicted molar refractivity (Wildman–Crippen MR) is 82.0 cm³/mol. The van der Waals surface area contributed by atoms with Gasteiger partial charge in [-0.05, 0) is 43.0 Å². The lowest BCUT2D eigenvalue weighted by Crippen LogP contribution is -2.34. The zero-order valence-corrected chi connectivity index (χ0v) is 12.6. The molecule has 112 valence electrons. The molecule has 0 spiro atoms. The van der Waals surface area contributed by atoms with Crippen molar-refractivity contribution in [3.05, 3.63) is 29.8 Å². The van der Waals surface area contributed by atoms with Crippen LogP contribution in [0.25, 0.3) is 0 Å². The standard InChI is InChI=1S/C15H22N2O2.ClH/c1-19-13-7-5-11(6-8-13)10-17-15(18)14-4-2-3-12(14)9-16;/h5-8,12,14H,2-4,9-10,16H2,1H3,(H,17,18);1H/t12-,14-;/m1./s1. The molecule has 5 heteroatoms. The molecule has 1 fully saturated rings. The highest BCUT2D eigenvalue weighted by Crippen LogP contribution is 2.30. The van der Waals surface area contributed by atoms with Gasteiger partial charge in [-0.15, -0.1) is 12.4 Å². The number of nitrogens with two attached hydrogens (primary N) is 1. The summed E-state index contributed by atoms with van der Waals surface area (Å²) in [5, 5.41) is 3.01. The van der Waals surface area contributed by atoms with Gasteiger partial charge in [-0.1, -0.05) is 18.6 Å². The Labute approximate surface area is 126 Å². The van der Waals surface area contributed by atoms with Gasteiger partial charge in [-0.25, -0.2) is 0 Å². The molecule has 0 heterocycles. The van der Waals surface area contributed by atoms with Crippen LogP contribution >= 0.6 is 12.4 Å². The molecule has 20 heavy (non-hydrogen) atoms. The Morgan fingerprint density at radius 3 is 2.65 bits per heavy atom. The minimum atomic E-state index is 0. The molecular weight excluding hydrogens is 276 g/mol. The monoisotopic (exact) mass is 298 g/mol. The predicted octanol–water partition coefficient (Wildman–Crippen LogP) is 2.11. The summed E-state index contributed by atoms with van der Waals surface area (Å²) >= 11 is 0. The number of halogens is 1. The first-order valence-electron chi connectivity index (χ1n) is 6.85. The molecule has 3 N–H and O–H groups in total. The first kappa shape index (κ1) is 16.8. The zero-order chi connectivity index (χ0) is 13.7. The third-order valence-corrected chi connectivity index (χ3v) is 3.92. The van der Waals surface area contributed by atoms with Gasteiger partial charge in [0.1, 0.15) is 5.75 Å². The second kappa shape index (κ2) is 8.12.